The molecular weight excluding hydrogens is 546 g/mol. The molecule has 0 aliphatic carbocycles. The summed E-state index contributed by atoms with van der Waals surface area (Å²) >= 11 is 0. The minimum atomic E-state index is -4.00. The van der Waals surface area contributed by atoms with Gasteiger partial charge >= 0.3 is 0 Å². The molecule has 2 unspecified atom stereocenters. The Bertz CT molecular complexity index is 1260. The van der Waals surface area contributed by atoms with Gasteiger partial charge < -0.3 is 4.90 Å². The number of carbonyl (C=O) groups excluding carboxylic acids is 1. The highest BCUT2D eigenvalue weighted by Crippen LogP contribution is 2.30. The number of rotatable bonds is 8. The molecule has 1 saturated heterocycles. The number of carbonyl (C=O) groups is 1. The first kappa shape index (κ1) is 32.2. The molecule has 10 heteroatoms. The molecule has 1 aliphatic rings. The molecule has 2 aromatic carbocycles. The molecule has 1 fully saturated rings. The summed E-state index contributed by atoms with van der Waals surface area (Å²) in [6, 6.07) is 12.4. The SMILES string of the molecule is CCC(C)[C@H]1CN(C(C)=O)C[C@H](C(C)CC)N(S(=O)(=O)c2ccc(C)cc2)CCN1S(=O)(=O)c1ccc(C)cc1. The van der Waals surface area contributed by atoms with E-state index in [0.717, 1.165) is 11.1 Å². The summed E-state index contributed by atoms with van der Waals surface area (Å²) in [7, 11) is -7.99. The van der Waals surface area contributed by atoms with E-state index in [1.807, 2.05) is 41.5 Å². The topological polar surface area (TPSA) is 95.1 Å². The molecule has 0 N–H and O–H groups in total. The van der Waals surface area contributed by atoms with Crippen molar-refractivity contribution in [1.82, 2.24) is 13.5 Å². The molecule has 4 atom stereocenters. The Morgan fingerprint density at radius 1 is 0.725 bits per heavy atom. The number of benzene rings is 2. The Morgan fingerprint density at radius 2 is 1.05 bits per heavy atom. The largest absolute Gasteiger partial charge is 0.340 e. The molecule has 222 valence electrons. The highest BCUT2D eigenvalue weighted by molar-refractivity contribution is 7.89. The highest BCUT2D eigenvalue weighted by Gasteiger charge is 2.42. The van der Waals surface area contributed by atoms with Crippen LogP contribution < -0.4 is 0 Å². The molecule has 0 aromatic heterocycles. The molecule has 2 aromatic rings. The highest BCUT2D eigenvalue weighted by atomic mass is 32.2. The van der Waals surface area contributed by atoms with Gasteiger partial charge in [0.1, 0.15) is 0 Å². The minimum absolute atomic E-state index is 0.0189. The second-order valence-electron chi connectivity index (χ2n) is 11.2. The van der Waals surface area contributed by atoms with E-state index in [-0.39, 0.29) is 53.7 Å². The van der Waals surface area contributed by atoms with E-state index >= 15 is 0 Å². The maximum Gasteiger partial charge on any atom is 0.243 e. The van der Waals surface area contributed by atoms with Gasteiger partial charge in [0.25, 0.3) is 0 Å². The summed E-state index contributed by atoms with van der Waals surface area (Å²) < 4.78 is 59.6. The minimum Gasteiger partial charge on any atom is -0.340 e. The van der Waals surface area contributed by atoms with Crippen LogP contribution in [0.25, 0.3) is 0 Å². The lowest BCUT2D eigenvalue weighted by molar-refractivity contribution is -0.130. The Kier molecular flexibility index (Phi) is 10.6. The first-order valence-corrected chi connectivity index (χ1v) is 17.0. The van der Waals surface area contributed by atoms with Gasteiger partial charge in [-0.05, 0) is 49.9 Å². The molecular formula is C30H45N3O5S2. The Hall–Kier alpha value is -2.27. The van der Waals surface area contributed by atoms with Crippen LogP contribution in [0, 0.1) is 25.7 Å². The van der Waals surface area contributed by atoms with E-state index in [2.05, 4.69) is 0 Å². The number of aryl methyl sites for hydroxylation is 2. The van der Waals surface area contributed by atoms with Crippen LogP contribution in [0.15, 0.2) is 58.3 Å². The maximum atomic E-state index is 14.2. The van der Waals surface area contributed by atoms with Crippen molar-refractivity contribution >= 4 is 26.0 Å². The van der Waals surface area contributed by atoms with Gasteiger partial charge in [-0.15, -0.1) is 0 Å². The van der Waals surface area contributed by atoms with Crippen molar-refractivity contribution in [1.29, 1.82) is 0 Å². The zero-order valence-corrected chi connectivity index (χ0v) is 26.5. The van der Waals surface area contributed by atoms with Crippen molar-refractivity contribution in [2.75, 3.05) is 26.2 Å². The number of hydrogen-bond acceptors (Lipinski definition) is 5. The van der Waals surface area contributed by atoms with Crippen LogP contribution in [0.5, 0.6) is 0 Å². The standard InChI is InChI=1S/C30H45N3O5S2/c1-8-24(5)29-20-31(26(7)34)21-30(25(6)9-2)33(40(37,38)28-16-12-23(4)13-17-28)19-18-32(29)39(35,36)27-14-10-22(3)11-15-27/h10-17,24-25,29-30H,8-9,18-21H2,1-7H3/t24?,25?,29-,30-/m1/s1. The molecule has 0 spiro atoms. The van der Waals surface area contributed by atoms with Gasteiger partial charge in [-0.25, -0.2) is 16.8 Å². The van der Waals surface area contributed by atoms with Crippen molar-refractivity contribution in [3.05, 3.63) is 59.7 Å². The van der Waals surface area contributed by atoms with E-state index in [1.54, 1.807) is 53.4 Å². The fraction of sp³-hybridized carbons (Fsp3) is 0.567. The van der Waals surface area contributed by atoms with Gasteiger partial charge in [-0.3, -0.25) is 4.79 Å². The molecule has 8 nitrogen and oxygen atoms in total. The predicted octanol–water partition coefficient (Wildman–Crippen LogP) is 4.68. The van der Waals surface area contributed by atoms with E-state index in [1.165, 1.54) is 15.5 Å². The van der Waals surface area contributed by atoms with Crippen molar-refractivity contribution in [2.24, 2.45) is 11.8 Å². The molecule has 0 radical (unpaired) electrons. The predicted molar refractivity (Wildman–Crippen MR) is 159 cm³/mol. The third-order valence-electron chi connectivity index (χ3n) is 8.40. The van der Waals surface area contributed by atoms with Crippen molar-refractivity contribution in [3.8, 4) is 0 Å². The summed E-state index contributed by atoms with van der Waals surface area (Å²) in [5.74, 6) is -0.336. The molecule has 40 heavy (non-hydrogen) atoms. The maximum absolute atomic E-state index is 14.2. The summed E-state index contributed by atoms with van der Waals surface area (Å²) in [6.07, 6.45) is 1.41. The van der Waals surface area contributed by atoms with Crippen LogP contribution >= 0.6 is 0 Å². The third kappa shape index (κ3) is 6.95. The normalized spacial score (nSPS) is 21.7. The zero-order chi connectivity index (χ0) is 29.8. The number of sulfonamides is 2. The van der Waals surface area contributed by atoms with Crippen LogP contribution in [0.3, 0.4) is 0 Å². The Balaban J connectivity index is 2.22. The average Bonchev–Trinajstić information content (AvgIpc) is 3.00. The van der Waals surface area contributed by atoms with Crippen LogP contribution in [0.2, 0.25) is 0 Å². The molecule has 1 aliphatic heterocycles. The van der Waals surface area contributed by atoms with E-state index < -0.39 is 32.1 Å². The smallest absolute Gasteiger partial charge is 0.243 e. The second kappa shape index (κ2) is 13.1. The Morgan fingerprint density at radius 3 is 1.32 bits per heavy atom. The number of amides is 1. The van der Waals surface area contributed by atoms with E-state index in [9.17, 15) is 21.6 Å². The summed E-state index contributed by atoms with van der Waals surface area (Å²) in [4.78, 5) is 15.0. The van der Waals surface area contributed by atoms with Gasteiger partial charge in [-0.1, -0.05) is 75.9 Å². The summed E-state index contributed by atoms with van der Waals surface area (Å²) in [5.41, 5.74) is 1.88. The summed E-state index contributed by atoms with van der Waals surface area (Å²) in [6.45, 7) is 13.6. The first-order chi connectivity index (χ1) is 18.7. The fourth-order valence-electron chi connectivity index (χ4n) is 5.25. The second-order valence-corrected chi connectivity index (χ2v) is 15.0. The van der Waals surface area contributed by atoms with Gasteiger partial charge in [0, 0.05) is 45.2 Å². The average molecular weight is 592 g/mol. The molecule has 1 amide bonds. The summed E-state index contributed by atoms with van der Waals surface area (Å²) in [5, 5.41) is 0. The molecule has 0 bridgehead atoms. The monoisotopic (exact) mass is 591 g/mol. The third-order valence-corrected chi connectivity index (χ3v) is 12.3. The first-order valence-electron chi connectivity index (χ1n) is 14.2. The van der Waals surface area contributed by atoms with Gasteiger partial charge in [-0.2, -0.15) is 8.61 Å². The van der Waals surface area contributed by atoms with Crippen LogP contribution in [-0.2, 0) is 24.8 Å². The fourth-order valence-corrected chi connectivity index (χ4v) is 8.66. The lowest BCUT2D eigenvalue weighted by Gasteiger charge is -2.37. The van der Waals surface area contributed by atoms with Gasteiger partial charge in [0.05, 0.1) is 9.79 Å². The van der Waals surface area contributed by atoms with Gasteiger partial charge in [0.2, 0.25) is 26.0 Å². The molecule has 0 saturated carbocycles. The molecule has 3 rings (SSSR count). The van der Waals surface area contributed by atoms with Crippen molar-refractivity contribution < 1.29 is 21.6 Å². The molecule has 1 heterocycles. The number of nitrogens with zero attached hydrogens (tertiary/aromatic N) is 3. The number of hydrogen-bond donors (Lipinski definition) is 0. The zero-order valence-electron chi connectivity index (χ0n) is 24.9. The van der Waals surface area contributed by atoms with Crippen LogP contribution in [-0.4, -0.2) is 74.5 Å². The van der Waals surface area contributed by atoms with Gasteiger partial charge in [0.15, 0.2) is 0 Å². The van der Waals surface area contributed by atoms with E-state index in [0.29, 0.717) is 12.8 Å². The lowest BCUT2D eigenvalue weighted by Crippen LogP contribution is -2.52. The van der Waals surface area contributed by atoms with Crippen LogP contribution in [0.4, 0.5) is 0 Å². The quantitative estimate of drug-likeness (QED) is 0.445. The Labute approximate surface area is 241 Å². The van der Waals surface area contributed by atoms with Crippen LogP contribution in [0.1, 0.15) is 58.6 Å². The van der Waals surface area contributed by atoms with E-state index in [4.69, 9.17) is 0 Å². The van der Waals surface area contributed by atoms with Crippen molar-refractivity contribution in [2.45, 2.75) is 83.2 Å². The van der Waals surface area contributed by atoms with Crippen molar-refractivity contribution in [3.63, 3.8) is 0 Å². The lowest BCUT2D eigenvalue weighted by atomic mass is 9.96.